The number of hydrogen-bond acceptors (Lipinski definition) is 10. The Morgan fingerprint density at radius 1 is 1.18 bits per heavy atom. The molecule has 172 valence electrons. The number of aromatic nitrogens is 2. The normalized spacial score (nSPS) is 20.6. The first-order valence-corrected chi connectivity index (χ1v) is 10.5. The molecule has 3 heterocycles. The molecule has 0 aliphatic carbocycles. The van der Waals surface area contributed by atoms with Crippen LogP contribution in [0.15, 0.2) is 47.7 Å². The van der Waals surface area contributed by atoms with E-state index in [0.717, 1.165) is 0 Å². The van der Waals surface area contributed by atoms with Crippen molar-refractivity contribution in [3.05, 3.63) is 58.4 Å². The van der Waals surface area contributed by atoms with Crippen LogP contribution < -0.4 is 10.2 Å². The fourth-order valence-electron chi connectivity index (χ4n) is 3.86. The highest BCUT2D eigenvalue weighted by Crippen LogP contribution is 2.32. The molecule has 1 N–H and O–H groups in total. The van der Waals surface area contributed by atoms with Crippen LogP contribution in [-0.4, -0.2) is 70.4 Å². The molecule has 33 heavy (non-hydrogen) atoms. The standard InChI is InChI=1S/C21H23N7O5/c1-2-33-19(30)16-17(14-5-3-6-15(13-14)28(31)32)24-21(25-18(16)29)27-11-9-26(10-12-27)20-22-7-4-8-23-20/h3-8,13,16-17H,2,9-12H2,1H3,(H,24,25,29). The maximum atomic E-state index is 13.0. The number of hydrogen-bond donors (Lipinski definition) is 1. The molecule has 0 spiro atoms. The first kappa shape index (κ1) is 22.1. The van der Waals surface area contributed by atoms with Crippen molar-refractivity contribution in [2.45, 2.75) is 13.0 Å². The number of esters is 1. The minimum atomic E-state index is -1.24. The number of carbonyl (C=O) groups is 2. The van der Waals surface area contributed by atoms with Gasteiger partial charge in [-0.2, -0.15) is 0 Å². The summed E-state index contributed by atoms with van der Waals surface area (Å²) in [5, 5.41) is 14.0. The van der Waals surface area contributed by atoms with Gasteiger partial charge in [-0.05, 0) is 18.6 Å². The number of non-ortho nitro benzene ring substituents is 1. The number of nitrogens with zero attached hydrogens (tertiary/aromatic N) is 6. The lowest BCUT2D eigenvalue weighted by Gasteiger charge is -2.38. The second kappa shape index (κ2) is 9.59. The van der Waals surface area contributed by atoms with E-state index in [9.17, 15) is 19.7 Å². The van der Waals surface area contributed by atoms with E-state index >= 15 is 0 Å². The van der Waals surface area contributed by atoms with Crippen LogP contribution in [0.1, 0.15) is 18.5 Å². The summed E-state index contributed by atoms with van der Waals surface area (Å²) in [6.45, 7) is 4.06. The van der Waals surface area contributed by atoms with Crippen LogP contribution in [0.4, 0.5) is 11.6 Å². The summed E-state index contributed by atoms with van der Waals surface area (Å²) in [6, 6.07) is 6.62. The fraction of sp³-hybridized carbons (Fsp3) is 0.381. The van der Waals surface area contributed by atoms with Crippen LogP contribution in [0.3, 0.4) is 0 Å². The summed E-state index contributed by atoms with van der Waals surface area (Å²) in [5.41, 5.74) is 0.250. The largest absolute Gasteiger partial charge is 0.465 e. The van der Waals surface area contributed by atoms with E-state index in [1.807, 2.05) is 9.80 Å². The summed E-state index contributed by atoms with van der Waals surface area (Å²) >= 11 is 0. The first-order chi connectivity index (χ1) is 16.0. The minimum absolute atomic E-state index is 0.102. The molecule has 1 fully saturated rings. The number of carbonyl (C=O) groups excluding carboxylic acids is 2. The molecule has 0 saturated carbocycles. The molecular weight excluding hydrogens is 430 g/mol. The van der Waals surface area contributed by atoms with E-state index in [1.54, 1.807) is 31.5 Å². The van der Waals surface area contributed by atoms with Gasteiger partial charge in [0.25, 0.3) is 5.69 Å². The van der Waals surface area contributed by atoms with E-state index in [-0.39, 0.29) is 12.3 Å². The van der Waals surface area contributed by atoms with Crippen molar-refractivity contribution in [3.8, 4) is 0 Å². The van der Waals surface area contributed by atoms with Crippen molar-refractivity contribution in [2.24, 2.45) is 10.9 Å². The van der Waals surface area contributed by atoms with Crippen LogP contribution in [-0.2, 0) is 14.3 Å². The lowest BCUT2D eigenvalue weighted by Crippen LogP contribution is -2.57. The van der Waals surface area contributed by atoms with Crippen LogP contribution in [0, 0.1) is 16.0 Å². The molecule has 2 unspecified atom stereocenters. The number of nitro benzene ring substituents is 1. The smallest absolute Gasteiger partial charge is 0.321 e. The first-order valence-electron chi connectivity index (χ1n) is 10.5. The maximum absolute atomic E-state index is 13.0. The van der Waals surface area contributed by atoms with Gasteiger partial charge in [-0.3, -0.25) is 25.0 Å². The van der Waals surface area contributed by atoms with Crippen molar-refractivity contribution in [2.75, 3.05) is 37.7 Å². The van der Waals surface area contributed by atoms with Gasteiger partial charge in [-0.15, -0.1) is 0 Å². The van der Waals surface area contributed by atoms with Gasteiger partial charge in [0.05, 0.1) is 11.5 Å². The van der Waals surface area contributed by atoms with E-state index in [0.29, 0.717) is 43.7 Å². The Morgan fingerprint density at radius 2 is 1.88 bits per heavy atom. The van der Waals surface area contributed by atoms with Gasteiger partial charge < -0.3 is 14.5 Å². The van der Waals surface area contributed by atoms with Gasteiger partial charge in [0.1, 0.15) is 6.04 Å². The van der Waals surface area contributed by atoms with Crippen molar-refractivity contribution in [1.29, 1.82) is 0 Å². The van der Waals surface area contributed by atoms with Crippen molar-refractivity contribution < 1.29 is 19.2 Å². The maximum Gasteiger partial charge on any atom is 0.321 e. The summed E-state index contributed by atoms with van der Waals surface area (Å²) in [5.74, 6) is -1.56. The monoisotopic (exact) mass is 453 g/mol. The number of anilines is 1. The van der Waals surface area contributed by atoms with Gasteiger partial charge in [0, 0.05) is 50.7 Å². The van der Waals surface area contributed by atoms with Crippen molar-refractivity contribution in [1.82, 2.24) is 20.2 Å². The molecule has 1 aromatic carbocycles. The molecule has 0 radical (unpaired) electrons. The Hall–Kier alpha value is -4.09. The number of rotatable bonds is 5. The Bertz CT molecular complexity index is 1070. The molecule has 4 rings (SSSR count). The molecule has 1 aromatic heterocycles. The average Bonchev–Trinajstić information content (AvgIpc) is 2.84. The molecule has 2 atom stereocenters. The molecule has 2 aromatic rings. The minimum Gasteiger partial charge on any atom is -0.465 e. The second-order valence-corrected chi connectivity index (χ2v) is 7.49. The topological polar surface area (TPSA) is 143 Å². The van der Waals surface area contributed by atoms with Gasteiger partial charge in [0.2, 0.25) is 17.8 Å². The Labute approximate surface area is 189 Å². The quantitative estimate of drug-likeness (QED) is 0.302. The fourth-order valence-corrected chi connectivity index (χ4v) is 3.86. The highest BCUT2D eigenvalue weighted by molar-refractivity contribution is 6.08. The molecule has 2 aliphatic heterocycles. The number of ether oxygens (including phenoxy) is 1. The van der Waals surface area contributed by atoms with E-state index in [4.69, 9.17) is 4.74 Å². The number of benzene rings is 1. The average molecular weight is 453 g/mol. The third-order valence-electron chi connectivity index (χ3n) is 5.47. The zero-order chi connectivity index (χ0) is 23.4. The highest BCUT2D eigenvalue weighted by Gasteiger charge is 2.42. The molecule has 12 nitrogen and oxygen atoms in total. The number of guanidine groups is 1. The number of nitrogens with one attached hydrogen (secondary N) is 1. The predicted molar refractivity (Wildman–Crippen MR) is 117 cm³/mol. The summed E-state index contributed by atoms with van der Waals surface area (Å²) in [4.78, 5) is 53.4. The SMILES string of the molecule is CCOC(=O)C1C(=O)NC(N2CCN(c3ncccn3)CC2)=NC1c1cccc([N+](=O)[O-])c1. The van der Waals surface area contributed by atoms with Crippen LogP contribution in [0.2, 0.25) is 0 Å². The highest BCUT2D eigenvalue weighted by atomic mass is 16.6. The second-order valence-electron chi connectivity index (χ2n) is 7.49. The molecule has 1 amide bonds. The van der Waals surface area contributed by atoms with Gasteiger partial charge in [-0.1, -0.05) is 12.1 Å². The van der Waals surface area contributed by atoms with Crippen molar-refractivity contribution in [3.63, 3.8) is 0 Å². The Morgan fingerprint density at radius 3 is 2.55 bits per heavy atom. The summed E-state index contributed by atoms with van der Waals surface area (Å²) in [6.07, 6.45) is 3.36. The Kier molecular flexibility index (Phi) is 6.43. The zero-order valence-electron chi connectivity index (χ0n) is 18.0. The lowest BCUT2D eigenvalue weighted by molar-refractivity contribution is -0.384. The molecule has 0 bridgehead atoms. The lowest BCUT2D eigenvalue weighted by atomic mass is 9.91. The van der Waals surface area contributed by atoms with Crippen molar-refractivity contribution >= 4 is 29.5 Å². The molecule has 1 saturated heterocycles. The number of amides is 1. The van der Waals surface area contributed by atoms with Crippen LogP contribution in [0.5, 0.6) is 0 Å². The zero-order valence-corrected chi connectivity index (χ0v) is 18.0. The Balaban J connectivity index is 1.60. The third-order valence-corrected chi connectivity index (χ3v) is 5.47. The number of aliphatic imine (C=N–C) groups is 1. The third kappa shape index (κ3) is 4.73. The summed E-state index contributed by atoms with van der Waals surface area (Å²) < 4.78 is 5.09. The summed E-state index contributed by atoms with van der Waals surface area (Å²) in [7, 11) is 0. The number of piperazine rings is 1. The van der Waals surface area contributed by atoms with E-state index < -0.39 is 28.8 Å². The van der Waals surface area contributed by atoms with E-state index in [1.165, 1.54) is 18.2 Å². The van der Waals surface area contributed by atoms with Gasteiger partial charge in [-0.25, -0.2) is 15.0 Å². The predicted octanol–water partition coefficient (Wildman–Crippen LogP) is 0.913. The van der Waals surface area contributed by atoms with Crippen LogP contribution >= 0.6 is 0 Å². The van der Waals surface area contributed by atoms with Gasteiger partial charge >= 0.3 is 5.97 Å². The molecule has 12 heteroatoms. The molecule has 2 aliphatic rings. The molecular formula is C21H23N7O5. The van der Waals surface area contributed by atoms with Crippen LogP contribution in [0.25, 0.3) is 0 Å². The number of nitro groups is 1. The van der Waals surface area contributed by atoms with E-state index in [2.05, 4.69) is 20.3 Å². The van der Waals surface area contributed by atoms with Gasteiger partial charge in [0.15, 0.2) is 5.92 Å².